The maximum atomic E-state index is 12.5. The average molecular weight is 397 g/mol. The molecular formula is C22H14Cl2O3. The molecule has 1 aromatic heterocycles. The van der Waals surface area contributed by atoms with Crippen molar-refractivity contribution in [3.63, 3.8) is 0 Å². The first-order valence-corrected chi connectivity index (χ1v) is 9.06. The van der Waals surface area contributed by atoms with Crippen LogP contribution in [0, 0.1) is 0 Å². The van der Waals surface area contributed by atoms with Crippen LogP contribution in [0.1, 0.15) is 5.56 Å². The molecule has 3 aromatic carbocycles. The van der Waals surface area contributed by atoms with Crippen LogP contribution in [0.25, 0.3) is 22.3 Å². The van der Waals surface area contributed by atoms with Gasteiger partial charge in [0.05, 0.1) is 5.39 Å². The fourth-order valence-corrected chi connectivity index (χ4v) is 3.23. The Labute approximate surface area is 165 Å². The summed E-state index contributed by atoms with van der Waals surface area (Å²) in [4.78, 5) is 12.5. The molecule has 0 saturated carbocycles. The summed E-state index contributed by atoms with van der Waals surface area (Å²) in [5, 5.41) is 1.57. The molecule has 0 atom stereocenters. The number of hydrogen-bond acceptors (Lipinski definition) is 3. The Bertz CT molecular complexity index is 1170. The van der Waals surface area contributed by atoms with Gasteiger partial charge in [-0.2, -0.15) is 0 Å². The van der Waals surface area contributed by atoms with Crippen molar-refractivity contribution >= 4 is 34.2 Å². The summed E-state index contributed by atoms with van der Waals surface area (Å²) in [7, 11) is 0. The van der Waals surface area contributed by atoms with Crippen LogP contribution in [0.15, 0.2) is 82.0 Å². The average Bonchev–Trinajstić information content (AvgIpc) is 2.68. The monoisotopic (exact) mass is 396 g/mol. The third-order valence-electron chi connectivity index (χ3n) is 4.17. The Balaban J connectivity index is 1.62. The first kappa shape index (κ1) is 17.7. The number of fused-ring (bicyclic) bond motifs is 1. The molecule has 0 fully saturated rings. The Morgan fingerprint density at radius 3 is 2.48 bits per heavy atom. The summed E-state index contributed by atoms with van der Waals surface area (Å²) < 4.78 is 11.7. The Morgan fingerprint density at radius 2 is 1.70 bits per heavy atom. The topological polar surface area (TPSA) is 39.4 Å². The van der Waals surface area contributed by atoms with Crippen molar-refractivity contribution in [1.82, 2.24) is 0 Å². The van der Waals surface area contributed by atoms with Crippen LogP contribution in [0.3, 0.4) is 0 Å². The van der Waals surface area contributed by atoms with E-state index in [-0.39, 0.29) is 12.0 Å². The Kier molecular flexibility index (Phi) is 4.88. The molecule has 3 nitrogen and oxygen atoms in total. The highest BCUT2D eigenvalue weighted by Gasteiger charge is 2.09. The molecule has 0 spiro atoms. The van der Waals surface area contributed by atoms with Gasteiger partial charge in [-0.3, -0.25) is 4.79 Å². The maximum Gasteiger partial charge on any atom is 0.193 e. The van der Waals surface area contributed by atoms with Gasteiger partial charge in [0.25, 0.3) is 0 Å². The van der Waals surface area contributed by atoms with Gasteiger partial charge in [0.15, 0.2) is 5.43 Å². The molecule has 0 amide bonds. The van der Waals surface area contributed by atoms with E-state index in [0.717, 1.165) is 11.1 Å². The summed E-state index contributed by atoms with van der Waals surface area (Å²) in [6, 6.07) is 21.4. The molecule has 0 bridgehead atoms. The van der Waals surface area contributed by atoms with Crippen LogP contribution in [-0.4, -0.2) is 0 Å². The van der Waals surface area contributed by atoms with Gasteiger partial charge in [-0.25, -0.2) is 0 Å². The van der Waals surface area contributed by atoms with E-state index < -0.39 is 0 Å². The lowest BCUT2D eigenvalue weighted by molar-refractivity contribution is 0.306. The van der Waals surface area contributed by atoms with E-state index in [1.807, 2.05) is 36.4 Å². The Hall–Kier alpha value is -2.75. The largest absolute Gasteiger partial charge is 0.489 e. The normalized spacial score (nSPS) is 10.9. The molecule has 0 saturated heterocycles. The van der Waals surface area contributed by atoms with Gasteiger partial charge < -0.3 is 9.15 Å². The molecule has 0 aliphatic carbocycles. The molecule has 134 valence electrons. The zero-order valence-corrected chi connectivity index (χ0v) is 15.6. The molecule has 4 aromatic rings. The van der Waals surface area contributed by atoms with E-state index in [4.69, 9.17) is 32.4 Å². The van der Waals surface area contributed by atoms with Crippen LogP contribution < -0.4 is 10.2 Å². The highest BCUT2D eigenvalue weighted by Crippen LogP contribution is 2.26. The molecule has 0 unspecified atom stereocenters. The van der Waals surface area contributed by atoms with Crippen LogP contribution in [-0.2, 0) is 6.61 Å². The van der Waals surface area contributed by atoms with Gasteiger partial charge in [0.1, 0.15) is 23.7 Å². The molecule has 0 aliphatic rings. The summed E-state index contributed by atoms with van der Waals surface area (Å²) in [6.45, 7) is 0.273. The molecule has 27 heavy (non-hydrogen) atoms. The fourth-order valence-electron chi connectivity index (χ4n) is 2.77. The third kappa shape index (κ3) is 3.85. The first-order chi connectivity index (χ1) is 13.1. The van der Waals surface area contributed by atoms with Crippen molar-refractivity contribution in [1.29, 1.82) is 0 Å². The summed E-state index contributed by atoms with van der Waals surface area (Å²) >= 11 is 12.1. The van der Waals surface area contributed by atoms with Crippen LogP contribution in [0.4, 0.5) is 0 Å². The second kappa shape index (κ2) is 7.47. The minimum atomic E-state index is -0.120. The van der Waals surface area contributed by atoms with E-state index in [2.05, 4.69) is 0 Å². The van der Waals surface area contributed by atoms with Crippen LogP contribution >= 0.6 is 23.2 Å². The van der Waals surface area contributed by atoms with Gasteiger partial charge in [0.2, 0.25) is 0 Å². The van der Waals surface area contributed by atoms with Gasteiger partial charge in [0, 0.05) is 27.2 Å². The fraction of sp³-hybridized carbons (Fsp3) is 0.0455. The minimum absolute atomic E-state index is 0.120. The van der Waals surface area contributed by atoms with E-state index in [1.165, 1.54) is 6.07 Å². The lowest BCUT2D eigenvalue weighted by Gasteiger charge is -2.09. The number of rotatable bonds is 4. The zero-order valence-electron chi connectivity index (χ0n) is 14.1. The predicted molar refractivity (Wildman–Crippen MR) is 109 cm³/mol. The number of halogens is 2. The van der Waals surface area contributed by atoms with Gasteiger partial charge >= 0.3 is 0 Å². The molecular weight excluding hydrogens is 383 g/mol. The molecule has 0 radical (unpaired) electrons. The van der Waals surface area contributed by atoms with Crippen molar-refractivity contribution in [2.75, 3.05) is 0 Å². The molecule has 1 heterocycles. The number of benzene rings is 3. The van der Waals surface area contributed by atoms with E-state index >= 15 is 0 Å². The maximum absolute atomic E-state index is 12.5. The van der Waals surface area contributed by atoms with Crippen molar-refractivity contribution in [3.8, 4) is 17.1 Å². The Morgan fingerprint density at radius 1 is 0.889 bits per heavy atom. The second-order valence-electron chi connectivity index (χ2n) is 6.02. The smallest absolute Gasteiger partial charge is 0.193 e. The minimum Gasteiger partial charge on any atom is -0.489 e. The molecule has 4 rings (SSSR count). The summed E-state index contributed by atoms with van der Waals surface area (Å²) in [5.41, 5.74) is 2.06. The summed E-state index contributed by atoms with van der Waals surface area (Å²) in [6.07, 6.45) is 0. The summed E-state index contributed by atoms with van der Waals surface area (Å²) in [5.74, 6) is 1.10. The highest BCUT2D eigenvalue weighted by molar-refractivity contribution is 6.35. The van der Waals surface area contributed by atoms with Crippen LogP contribution in [0.5, 0.6) is 5.75 Å². The van der Waals surface area contributed by atoms with Gasteiger partial charge in [-0.1, -0.05) is 59.6 Å². The van der Waals surface area contributed by atoms with Gasteiger partial charge in [-0.15, -0.1) is 0 Å². The van der Waals surface area contributed by atoms with Crippen molar-refractivity contribution < 1.29 is 9.15 Å². The van der Waals surface area contributed by atoms with Crippen molar-refractivity contribution in [2.45, 2.75) is 6.61 Å². The van der Waals surface area contributed by atoms with Gasteiger partial charge in [-0.05, 0) is 30.3 Å². The van der Waals surface area contributed by atoms with E-state index in [1.54, 1.807) is 30.3 Å². The third-order valence-corrected chi connectivity index (χ3v) is 4.75. The lowest BCUT2D eigenvalue weighted by atomic mass is 10.1. The first-order valence-electron chi connectivity index (χ1n) is 8.30. The van der Waals surface area contributed by atoms with Crippen molar-refractivity contribution in [2.24, 2.45) is 0 Å². The van der Waals surface area contributed by atoms with Crippen LogP contribution in [0.2, 0.25) is 10.0 Å². The van der Waals surface area contributed by atoms with E-state index in [0.29, 0.717) is 32.5 Å². The number of hydrogen-bond donors (Lipinski definition) is 0. The second-order valence-corrected chi connectivity index (χ2v) is 6.87. The standard InChI is InChI=1S/C22H14Cl2O3/c23-16-7-6-15(19(24)10-16)13-26-17-8-9-21-18(11-17)20(25)12-22(27-21)14-4-2-1-3-5-14/h1-12H,13H2. The molecule has 5 heteroatoms. The molecule has 0 N–H and O–H groups in total. The lowest BCUT2D eigenvalue weighted by Crippen LogP contribution is -2.02. The van der Waals surface area contributed by atoms with Crippen molar-refractivity contribution in [3.05, 3.63) is 98.6 Å². The van der Waals surface area contributed by atoms with E-state index in [9.17, 15) is 4.79 Å². The quantitative estimate of drug-likeness (QED) is 0.403. The molecule has 0 aliphatic heterocycles. The SMILES string of the molecule is O=c1cc(-c2ccccc2)oc2ccc(OCc3ccc(Cl)cc3Cl)cc12. The zero-order chi connectivity index (χ0) is 18.8. The highest BCUT2D eigenvalue weighted by atomic mass is 35.5. The predicted octanol–water partition coefficient (Wildman–Crippen LogP) is 6.35. The number of ether oxygens (including phenoxy) is 1.